The molecule has 2 rings (SSSR count). The van der Waals surface area contributed by atoms with E-state index in [1.807, 2.05) is 60.7 Å². The Bertz CT molecular complexity index is 596. The number of benzene rings is 2. The van der Waals surface area contributed by atoms with Crippen LogP contribution in [0.2, 0.25) is 0 Å². The number of terminal acetylenes is 1. The highest BCUT2D eigenvalue weighted by atomic mass is 16.4. The minimum absolute atomic E-state index is 0.364. The zero-order chi connectivity index (χ0) is 14.4. The summed E-state index contributed by atoms with van der Waals surface area (Å²) in [6.07, 6.45) is 6.14. The maximum atomic E-state index is 11.6. The summed E-state index contributed by atoms with van der Waals surface area (Å²) in [5.41, 5.74) is 1.80. The fraction of sp³-hybridized carbons (Fsp3) is 0.167. The molecule has 0 aliphatic rings. The molecule has 0 aliphatic heterocycles. The second kappa shape index (κ2) is 6.58. The fourth-order valence-electron chi connectivity index (χ4n) is 2.35. The van der Waals surface area contributed by atoms with Gasteiger partial charge < -0.3 is 5.11 Å². The maximum absolute atomic E-state index is 11.6. The van der Waals surface area contributed by atoms with Crippen molar-refractivity contribution in [3.05, 3.63) is 71.8 Å². The van der Waals surface area contributed by atoms with Crippen molar-refractivity contribution in [2.24, 2.45) is 5.92 Å². The van der Waals surface area contributed by atoms with E-state index in [9.17, 15) is 9.90 Å². The summed E-state index contributed by atoms with van der Waals surface area (Å²) in [5, 5.41) is 9.51. The van der Waals surface area contributed by atoms with Gasteiger partial charge in [0, 0.05) is 5.92 Å². The Morgan fingerprint density at radius 1 is 1.05 bits per heavy atom. The van der Waals surface area contributed by atoms with Gasteiger partial charge in [0.25, 0.3) is 0 Å². The lowest BCUT2D eigenvalue weighted by molar-refractivity contribution is -0.139. The van der Waals surface area contributed by atoms with Crippen molar-refractivity contribution in [2.45, 2.75) is 12.3 Å². The molecule has 0 saturated heterocycles. The molecule has 1 N–H and O–H groups in total. The smallest absolute Gasteiger partial charge is 0.312 e. The van der Waals surface area contributed by atoms with Crippen LogP contribution in [0, 0.1) is 18.3 Å². The molecule has 0 saturated carbocycles. The van der Waals surface area contributed by atoms with E-state index in [-0.39, 0.29) is 5.92 Å². The Hall–Kier alpha value is -2.53. The minimum atomic E-state index is -0.880. The molecule has 2 nitrogen and oxygen atoms in total. The molecule has 0 fully saturated rings. The number of carboxylic acid groups (broad SMARTS) is 1. The van der Waals surface area contributed by atoms with Gasteiger partial charge in [0.15, 0.2) is 0 Å². The number of aliphatic carboxylic acids is 1. The van der Waals surface area contributed by atoms with E-state index in [2.05, 4.69) is 5.92 Å². The van der Waals surface area contributed by atoms with Gasteiger partial charge in [-0.3, -0.25) is 4.79 Å². The summed E-state index contributed by atoms with van der Waals surface area (Å²) in [5.74, 6) is 0.727. The van der Waals surface area contributed by atoms with Crippen molar-refractivity contribution in [3.63, 3.8) is 0 Å². The van der Waals surface area contributed by atoms with Crippen molar-refractivity contribution >= 4 is 5.97 Å². The average Bonchev–Trinajstić information content (AvgIpc) is 2.48. The fourth-order valence-corrected chi connectivity index (χ4v) is 2.35. The largest absolute Gasteiger partial charge is 0.481 e. The van der Waals surface area contributed by atoms with Crippen LogP contribution < -0.4 is 0 Å². The first-order valence-electron chi connectivity index (χ1n) is 6.50. The monoisotopic (exact) mass is 264 g/mol. The molecule has 2 aromatic carbocycles. The molecular weight excluding hydrogens is 248 g/mol. The van der Waals surface area contributed by atoms with Crippen LogP contribution in [0.4, 0.5) is 0 Å². The van der Waals surface area contributed by atoms with Gasteiger partial charge >= 0.3 is 5.97 Å². The highest BCUT2D eigenvalue weighted by molar-refractivity contribution is 5.77. The van der Waals surface area contributed by atoms with Crippen LogP contribution in [-0.2, 0) is 11.2 Å². The zero-order valence-corrected chi connectivity index (χ0v) is 11.1. The van der Waals surface area contributed by atoms with Gasteiger partial charge in [-0.15, -0.1) is 12.3 Å². The lowest BCUT2D eigenvalue weighted by atomic mass is 9.82. The van der Waals surface area contributed by atoms with Crippen molar-refractivity contribution in [1.82, 2.24) is 0 Å². The molecule has 0 amide bonds. The van der Waals surface area contributed by atoms with Gasteiger partial charge in [0.1, 0.15) is 0 Å². The Balaban J connectivity index is 2.28. The van der Waals surface area contributed by atoms with Gasteiger partial charge in [-0.05, 0) is 17.5 Å². The van der Waals surface area contributed by atoms with Crippen LogP contribution in [0.1, 0.15) is 17.0 Å². The Kier molecular flexibility index (Phi) is 4.57. The molecule has 2 heteroatoms. The molecule has 2 atom stereocenters. The number of hydrogen-bond donors (Lipinski definition) is 1. The van der Waals surface area contributed by atoms with Crippen molar-refractivity contribution < 1.29 is 9.90 Å². The average molecular weight is 264 g/mol. The van der Waals surface area contributed by atoms with E-state index in [1.165, 1.54) is 0 Å². The second-order valence-corrected chi connectivity index (χ2v) is 4.69. The Labute approximate surface area is 119 Å². The van der Waals surface area contributed by atoms with Gasteiger partial charge in [-0.25, -0.2) is 0 Å². The molecule has 0 aliphatic carbocycles. The molecule has 0 heterocycles. The summed E-state index contributed by atoms with van der Waals surface area (Å²) >= 11 is 0. The SMILES string of the molecule is C#CC(Cc1ccccc1)C(C(=O)O)c1ccccc1. The van der Waals surface area contributed by atoms with Gasteiger partial charge in [-0.2, -0.15) is 0 Å². The summed E-state index contributed by atoms with van der Waals surface area (Å²) in [4.78, 5) is 11.6. The third-order valence-electron chi connectivity index (χ3n) is 3.34. The molecule has 0 bridgehead atoms. The Morgan fingerprint density at radius 2 is 1.60 bits per heavy atom. The highest BCUT2D eigenvalue weighted by Gasteiger charge is 2.28. The van der Waals surface area contributed by atoms with E-state index in [1.54, 1.807) is 0 Å². The van der Waals surface area contributed by atoms with Gasteiger partial charge in [0.05, 0.1) is 5.92 Å². The molecule has 20 heavy (non-hydrogen) atoms. The minimum Gasteiger partial charge on any atom is -0.481 e. The highest BCUT2D eigenvalue weighted by Crippen LogP contribution is 2.27. The number of hydrogen-bond acceptors (Lipinski definition) is 1. The molecule has 100 valence electrons. The predicted octanol–water partition coefficient (Wildman–Crippen LogP) is 3.35. The molecule has 2 aromatic rings. The van der Waals surface area contributed by atoms with Crippen LogP contribution in [0.5, 0.6) is 0 Å². The van der Waals surface area contributed by atoms with Crippen molar-refractivity contribution in [3.8, 4) is 12.3 Å². The van der Waals surface area contributed by atoms with Crippen LogP contribution in [0.15, 0.2) is 60.7 Å². The van der Waals surface area contributed by atoms with Crippen LogP contribution >= 0.6 is 0 Å². The summed E-state index contributed by atoms with van der Waals surface area (Å²) < 4.78 is 0. The third kappa shape index (κ3) is 3.27. The van der Waals surface area contributed by atoms with E-state index >= 15 is 0 Å². The molecule has 0 radical (unpaired) electrons. The number of carbonyl (C=O) groups is 1. The van der Waals surface area contributed by atoms with Gasteiger partial charge in [-0.1, -0.05) is 60.7 Å². The normalized spacial score (nSPS) is 13.2. The lowest BCUT2D eigenvalue weighted by Crippen LogP contribution is -2.22. The predicted molar refractivity (Wildman–Crippen MR) is 79.3 cm³/mol. The summed E-state index contributed by atoms with van der Waals surface area (Å²) in [7, 11) is 0. The maximum Gasteiger partial charge on any atom is 0.312 e. The standard InChI is InChI=1S/C18H16O2/c1-2-15(13-14-9-5-3-6-10-14)17(18(19)20)16-11-7-4-8-12-16/h1,3-12,15,17H,13H2,(H,19,20). The molecular formula is C18H16O2. The summed E-state index contributed by atoms with van der Waals surface area (Å²) in [6.45, 7) is 0. The molecule has 2 unspecified atom stereocenters. The topological polar surface area (TPSA) is 37.3 Å². The lowest BCUT2D eigenvalue weighted by Gasteiger charge is -2.20. The first-order chi connectivity index (χ1) is 9.72. The van der Waals surface area contributed by atoms with E-state index in [4.69, 9.17) is 6.42 Å². The first kappa shape index (κ1) is 13.9. The molecule has 0 aromatic heterocycles. The van der Waals surface area contributed by atoms with Gasteiger partial charge in [0.2, 0.25) is 0 Å². The quantitative estimate of drug-likeness (QED) is 0.841. The summed E-state index contributed by atoms with van der Waals surface area (Å²) in [6, 6.07) is 18.9. The van der Waals surface area contributed by atoms with E-state index in [0.29, 0.717) is 6.42 Å². The zero-order valence-electron chi connectivity index (χ0n) is 11.1. The number of carboxylic acids is 1. The van der Waals surface area contributed by atoms with Crippen LogP contribution in [0.3, 0.4) is 0 Å². The van der Waals surface area contributed by atoms with E-state index < -0.39 is 11.9 Å². The van der Waals surface area contributed by atoms with Crippen molar-refractivity contribution in [2.75, 3.05) is 0 Å². The van der Waals surface area contributed by atoms with Crippen LogP contribution in [0.25, 0.3) is 0 Å². The Morgan fingerprint density at radius 3 is 2.10 bits per heavy atom. The first-order valence-corrected chi connectivity index (χ1v) is 6.50. The van der Waals surface area contributed by atoms with E-state index in [0.717, 1.165) is 11.1 Å². The molecule has 0 spiro atoms. The van der Waals surface area contributed by atoms with Crippen LogP contribution in [-0.4, -0.2) is 11.1 Å². The third-order valence-corrected chi connectivity index (χ3v) is 3.34. The number of rotatable bonds is 5. The van der Waals surface area contributed by atoms with Crippen molar-refractivity contribution in [1.29, 1.82) is 0 Å². The second-order valence-electron chi connectivity index (χ2n) is 4.69.